The number of ether oxygens (including phenoxy) is 2. The third-order valence-electron chi connectivity index (χ3n) is 3.57. The highest BCUT2D eigenvalue weighted by Gasteiger charge is 2.02. The van der Waals surface area contributed by atoms with Gasteiger partial charge in [-0.25, -0.2) is 9.59 Å². The number of esters is 2. The molecule has 0 atom stereocenters. The summed E-state index contributed by atoms with van der Waals surface area (Å²) in [6.45, 7) is 9.95. The SMILES string of the molecule is C=CC(=O)Oc1ccccc1.C=CC(=O)c1ccccc1.C=COC(=O)c1ccccc1. The maximum atomic E-state index is 11.0. The number of para-hydroxylation sites is 1. The average Bonchev–Trinajstić information content (AvgIpc) is 2.86. The molecule has 0 heterocycles. The van der Waals surface area contributed by atoms with E-state index < -0.39 is 5.97 Å². The molecule has 0 saturated carbocycles. The lowest BCUT2D eigenvalue weighted by molar-refractivity contribution is -0.128. The molecule has 0 aliphatic carbocycles. The summed E-state index contributed by atoms with van der Waals surface area (Å²) in [5, 5.41) is 0. The molecule has 162 valence electrons. The van der Waals surface area contributed by atoms with E-state index >= 15 is 0 Å². The predicted octanol–water partition coefficient (Wildman–Crippen LogP) is 5.82. The molecule has 0 bridgehead atoms. The van der Waals surface area contributed by atoms with Crippen LogP contribution in [0.4, 0.5) is 0 Å². The largest absolute Gasteiger partial charge is 0.432 e. The first-order valence-electron chi connectivity index (χ1n) is 9.49. The van der Waals surface area contributed by atoms with Crippen molar-refractivity contribution in [3.05, 3.63) is 140 Å². The van der Waals surface area contributed by atoms with Gasteiger partial charge in [-0.15, -0.1) is 0 Å². The fourth-order valence-electron chi connectivity index (χ4n) is 2.08. The molecule has 0 saturated heterocycles. The summed E-state index contributed by atoms with van der Waals surface area (Å²) in [5.74, 6) is -0.296. The van der Waals surface area contributed by atoms with Crippen molar-refractivity contribution in [2.45, 2.75) is 0 Å². The molecule has 32 heavy (non-hydrogen) atoms. The lowest BCUT2D eigenvalue weighted by Gasteiger charge is -1.98. The predicted molar refractivity (Wildman–Crippen MR) is 125 cm³/mol. The molecular weight excluding hydrogens is 404 g/mol. The first-order valence-corrected chi connectivity index (χ1v) is 9.49. The van der Waals surface area contributed by atoms with Gasteiger partial charge in [0, 0.05) is 11.6 Å². The first kappa shape index (κ1) is 25.5. The van der Waals surface area contributed by atoms with Crippen LogP contribution in [0.3, 0.4) is 0 Å². The van der Waals surface area contributed by atoms with E-state index in [2.05, 4.69) is 24.5 Å². The monoisotopic (exact) mass is 428 g/mol. The smallest absolute Gasteiger partial charge is 0.342 e. The number of carbonyl (C=O) groups excluding carboxylic acids is 3. The van der Waals surface area contributed by atoms with E-state index in [0.717, 1.165) is 12.3 Å². The fourth-order valence-corrected chi connectivity index (χ4v) is 2.08. The minimum atomic E-state index is -0.434. The Morgan fingerprint density at radius 1 is 0.625 bits per heavy atom. The number of hydrogen-bond acceptors (Lipinski definition) is 5. The van der Waals surface area contributed by atoms with Crippen LogP contribution in [0.2, 0.25) is 0 Å². The molecule has 0 amide bonds. The second-order valence-corrected chi connectivity index (χ2v) is 5.81. The van der Waals surface area contributed by atoms with Crippen molar-refractivity contribution >= 4 is 17.7 Å². The van der Waals surface area contributed by atoms with Gasteiger partial charge >= 0.3 is 11.9 Å². The molecule has 0 aliphatic heterocycles. The fraction of sp³-hybridized carbons (Fsp3) is 0. The Balaban J connectivity index is 0.000000240. The molecule has 0 aliphatic rings. The van der Waals surface area contributed by atoms with E-state index in [9.17, 15) is 14.4 Å². The molecule has 0 radical (unpaired) electrons. The number of hydrogen-bond donors (Lipinski definition) is 0. The lowest BCUT2D eigenvalue weighted by Crippen LogP contribution is -2.02. The summed E-state index contributed by atoms with van der Waals surface area (Å²) in [7, 11) is 0. The van der Waals surface area contributed by atoms with Crippen molar-refractivity contribution in [2.24, 2.45) is 0 Å². The average molecular weight is 428 g/mol. The minimum absolute atomic E-state index is 0.0272. The standard InChI is InChI=1S/2C9H8O2.C9H8O/c1-2-11-9(10)8-6-4-3-5-7-8;1-2-9(10)11-8-6-4-3-5-7-8;1-2-9(10)8-6-4-3-5-7-8/h2*2-7H,1H2;2-7H,1H2. The van der Waals surface area contributed by atoms with Gasteiger partial charge in [-0.1, -0.05) is 86.5 Å². The van der Waals surface area contributed by atoms with Gasteiger partial charge in [-0.2, -0.15) is 0 Å². The van der Waals surface area contributed by atoms with Gasteiger partial charge in [-0.3, -0.25) is 4.79 Å². The van der Waals surface area contributed by atoms with Gasteiger partial charge in [0.2, 0.25) is 0 Å². The minimum Gasteiger partial charge on any atom is -0.432 e. The van der Waals surface area contributed by atoms with Crippen LogP contribution in [-0.2, 0) is 9.53 Å². The van der Waals surface area contributed by atoms with E-state index in [4.69, 9.17) is 4.74 Å². The Bertz CT molecular complexity index is 1010. The molecule has 5 heteroatoms. The lowest BCUT2D eigenvalue weighted by atomic mass is 10.1. The maximum Gasteiger partial charge on any atom is 0.342 e. The van der Waals surface area contributed by atoms with Gasteiger partial charge < -0.3 is 9.47 Å². The number of benzene rings is 3. The van der Waals surface area contributed by atoms with Crippen molar-refractivity contribution in [1.29, 1.82) is 0 Å². The highest BCUT2D eigenvalue weighted by molar-refractivity contribution is 6.04. The van der Waals surface area contributed by atoms with Crippen molar-refractivity contribution in [3.63, 3.8) is 0 Å². The van der Waals surface area contributed by atoms with Gasteiger partial charge in [0.15, 0.2) is 5.78 Å². The normalized spacial score (nSPS) is 8.75. The third kappa shape index (κ3) is 10.3. The third-order valence-corrected chi connectivity index (χ3v) is 3.57. The van der Waals surface area contributed by atoms with E-state index in [0.29, 0.717) is 16.9 Å². The Kier molecular flexibility index (Phi) is 12.2. The molecule has 0 unspecified atom stereocenters. The summed E-state index contributed by atoms with van der Waals surface area (Å²) in [5.41, 5.74) is 1.23. The zero-order valence-electron chi connectivity index (χ0n) is 17.6. The Hall–Kier alpha value is -4.51. The summed E-state index contributed by atoms with van der Waals surface area (Å²) >= 11 is 0. The van der Waals surface area contributed by atoms with Crippen LogP contribution in [0, 0.1) is 0 Å². The number of ketones is 1. The summed E-state index contributed by atoms with van der Waals surface area (Å²) in [6.07, 6.45) is 3.57. The van der Waals surface area contributed by atoms with E-state index in [1.165, 1.54) is 6.08 Å². The van der Waals surface area contributed by atoms with Gasteiger partial charge in [0.05, 0.1) is 11.8 Å². The van der Waals surface area contributed by atoms with Crippen LogP contribution in [-0.4, -0.2) is 17.7 Å². The van der Waals surface area contributed by atoms with Crippen LogP contribution in [0.1, 0.15) is 20.7 Å². The van der Waals surface area contributed by atoms with E-state index in [1.807, 2.05) is 30.3 Å². The number of rotatable bonds is 6. The second kappa shape index (κ2) is 15.3. The Morgan fingerprint density at radius 2 is 1.09 bits per heavy atom. The van der Waals surface area contributed by atoms with E-state index in [-0.39, 0.29) is 11.8 Å². The van der Waals surface area contributed by atoms with Crippen LogP contribution in [0.25, 0.3) is 0 Å². The molecule has 0 aromatic heterocycles. The molecule has 3 aromatic carbocycles. The topological polar surface area (TPSA) is 69.7 Å². The van der Waals surface area contributed by atoms with Gasteiger partial charge in [0.25, 0.3) is 0 Å². The quantitative estimate of drug-likeness (QED) is 0.163. The molecule has 5 nitrogen and oxygen atoms in total. The Morgan fingerprint density at radius 3 is 1.53 bits per heavy atom. The molecule has 3 aromatic rings. The maximum absolute atomic E-state index is 11.0. The van der Waals surface area contributed by atoms with Crippen molar-refractivity contribution < 1.29 is 23.9 Å². The number of allylic oxidation sites excluding steroid dienone is 1. The molecule has 0 N–H and O–H groups in total. The molecule has 0 spiro atoms. The summed E-state index contributed by atoms with van der Waals surface area (Å²) in [4.78, 5) is 32.5. The zero-order valence-corrected chi connectivity index (χ0v) is 17.6. The molecular formula is C27H24O5. The van der Waals surface area contributed by atoms with Crippen LogP contribution in [0.15, 0.2) is 129 Å². The van der Waals surface area contributed by atoms with Crippen LogP contribution in [0.5, 0.6) is 5.75 Å². The summed E-state index contributed by atoms with van der Waals surface area (Å²) in [6, 6.07) is 26.7. The summed E-state index contributed by atoms with van der Waals surface area (Å²) < 4.78 is 9.36. The van der Waals surface area contributed by atoms with Gasteiger partial charge in [-0.05, 0) is 30.3 Å². The van der Waals surface area contributed by atoms with Crippen molar-refractivity contribution in [1.82, 2.24) is 0 Å². The second-order valence-electron chi connectivity index (χ2n) is 5.81. The highest BCUT2D eigenvalue weighted by atomic mass is 16.5. The zero-order chi connectivity index (χ0) is 23.6. The van der Waals surface area contributed by atoms with E-state index in [1.54, 1.807) is 60.7 Å². The van der Waals surface area contributed by atoms with Crippen molar-refractivity contribution in [2.75, 3.05) is 0 Å². The van der Waals surface area contributed by atoms with Crippen LogP contribution < -0.4 is 4.74 Å². The highest BCUT2D eigenvalue weighted by Crippen LogP contribution is 2.08. The number of carbonyl (C=O) groups is 3. The van der Waals surface area contributed by atoms with Crippen molar-refractivity contribution in [3.8, 4) is 5.75 Å². The van der Waals surface area contributed by atoms with Gasteiger partial charge in [0.1, 0.15) is 5.75 Å². The molecule has 3 rings (SSSR count). The molecule has 0 fully saturated rings. The first-order chi connectivity index (χ1) is 15.5. The Labute approximate surface area is 187 Å². The van der Waals surface area contributed by atoms with Crippen LogP contribution >= 0.6 is 0 Å².